The second kappa shape index (κ2) is 13.0. The van der Waals surface area contributed by atoms with E-state index >= 15 is 0 Å². The number of carbonyl (C=O) groups is 2. The fourth-order valence-corrected chi connectivity index (χ4v) is 6.23. The maximum absolute atomic E-state index is 13.9. The lowest BCUT2D eigenvalue weighted by molar-refractivity contribution is -0.128. The summed E-state index contributed by atoms with van der Waals surface area (Å²) in [5.74, 6) is -0.584. The average Bonchev–Trinajstić information content (AvgIpc) is 3.00. The molecule has 11 heteroatoms. The van der Waals surface area contributed by atoms with Gasteiger partial charge < -0.3 is 15.0 Å². The molecular weight excluding hydrogens is 597 g/mol. The third-order valence-corrected chi connectivity index (χ3v) is 9.17. The topological polar surface area (TPSA) is 96.0 Å². The second-order valence-corrected chi connectivity index (χ2v) is 12.4. The predicted octanol–water partition coefficient (Wildman–Crippen LogP) is 5.29. The zero-order valence-electron chi connectivity index (χ0n) is 22.3. The van der Waals surface area contributed by atoms with Crippen LogP contribution in [0.15, 0.2) is 108 Å². The molecule has 0 fully saturated rings. The molecule has 1 aliphatic rings. The van der Waals surface area contributed by atoms with Crippen molar-refractivity contribution in [1.29, 1.82) is 0 Å². The largest absolute Gasteiger partial charge is 0.477 e. The summed E-state index contributed by atoms with van der Waals surface area (Å²) in [5.41, 5.74) is 1.89. The van der Waals surface area contributed by atoms with Crippen LogP contribution in [0.4, 0.5) is 5.69 Å². The van der Waals surface area contributed by atoms with Crippen molar-refractivity contribution in [2.45, 2.75) is 24.1 Å². The third kappa shape index (κ3) is 6.77. The molecule has 0 saturated heterocycles. The highest BCUT2D eigenvalue weighted by molar-refractivity contribution is 7.89. The molecule has 5 rings (SSSR count). The highest BCUT2D eigenvalue weighted by Gasteiger charge is 2.36. The molecule has 0 aliphatic carbocycles. The number of para-hydroxylation sites is 2. The number of nitrogens with zero attached hydrogens (tertiary/aromatic N) is 2. The Morgan fingerprint density at radius 3 is 2.29 bits per heavy atom. The van der Waals surface area contributed by atoms with Crippen LogP contribution in [0.25, 0.3) is 0 Å². The monoisotopic (exact) mass is 623 g/mol. The Kier molecular flexibility index (Phi) is 9.13. The third-order valence-electron chi connectivity index (χ3n) is 6.74. The predicted molar refractivity (Wildman–Crippen MR) is 162 cm³/mol. The molecule has 0 aromatic heterocycles. The molecule has 4 aromatic rings. The molecule has 0 radical (unpaired) electrons. The lowest BCUT2D eigenvalue weighted by Gasteiger charge is -2.35. The van der Waals surface area contributed by atoms with Gasteiger partial charge in [-0.05, 0) is 53.6 Å². The van der Waals surface area contributed by atoms with E-state index in [-0.39, 0.29) is 18.0 Å². The van der Waals surface area contributed by atoms with Gasteiger partial charge in [-0.25, -0.2) is 8.42 Å². The van der Waals surface area contributed by atoms with E-state index in [0.29, 0.717) is 33.6 Å². The summed E-state index contributed by atoms with van der Waals surface area (Å²) in [5, 5.41) is 3.60. The number of fused-ring (bicyclic) bond motifs is 1. The van der Waals surface area contributed by atoms with Crippen molar-refractivity contribution in [2.75, 3.05) is 18.0 Å². The quantitative estimate of drug-likeness (QED) is 0.273. The molecule has 1 unspecified atom stereocenters. The maximum atomic E-state index is 13.9. The number of hydrogen-bond donors (Lipinski definition) is 1. The van der Waals surface area contributed by atoms with Crippen LogP contribution in [0.2, 0.25) is 10.0 Å². The molecule has 0 spiro atoms. The highest BCUT2D eigenvalue weighted by Crippen LogP contribution is 2.34. The normalized spacial score (nSPS) is 14.6. The summed E-state index contributed by atoms with van der Waals surface area (Å²) < 4.78 is 34.6. The SMILES string of the molecule is O=C(NCc1ccccc1)C1CN(C(=O)CN(Cc2ccccc2Cl)S(=O)(=O)c2ccc(Cl)cc2)c2ccccc2O1. The van der Waals surface area contributed by atoms with E-state index in [4.69, 9.17) is 27.9 Å². The average molecular weight is 625 g/mol. The van der Waals surface area contributed by atoms with Crippen LogP contribution in [-0.4, -0.2) is 43.7 Å². The Labute approximate surface area is 254 Å². The minimum absolute atomic E-state index is 0.0210. The van der Waals surface area contributed by atoms with Crippen molar-refractivity contribution >= 4 is 50.7 Å². The van der Waals surface area contributed by atoms with Crippen molar-refractivity contribution in [1.82, 2.24) is 9.62 Å². The van der Waals surface area contributed by atoms with Gasteiger partial charge in [0.2, 0.25) is 15.9 Å². The summed E-state index contributed by atoms with van der Waals surface area (Å²) in [7, 11) is -4.15. The van der Waals surface area contributed by atoms with Crippen LogP contribution < -0.4 is 15.0 Å². The van der Waals surface area contributed by atoms with E-state index in [9.17, 15) is 18.0 Å². The van der Waals surface area contributed by atoms with E-state index in [1.54, 1.807) is 48.5 Å². The van der Waals surface area contributed by atoms with Gasteiger partial charge in [0.1, 0.15) is 5.75 Å². The number of nitrogens with one attached hydrogen (secondary N) is 1. The van der Waals surface area contributed by atoms with Gasteiger partial charge >= 0.3 is 0 Å². The Balaban J connectivity index is 1.41. The Morgan fingerprint density at radius 1 is 0.881 bits per heavy atom. The zero-order chi connectivity index (χ0) is 29.7. The van der Waals surface area contributed by atoms with Gasteiger partial charge in [0.15, 0.2) is 6.10 Å². The van der Waals surface area contributed by atoms with Crippen molar-refractivity contribution in [2.24, 2.45) is 0 Å². The zero-order valence-corrected chi connectivity index (χ0v) is 24.6. The van der Waals surface area contributed by atoms with Crippen LogP contribution in [0.3, 0.4) is 0 Å². The molecule has 8 nitrogen and oxygen atoms in total. The molecule has 4 aromatic carbocycles. The summed E-state index contributed by atoms with van der Waals surface area (Å²) in [6.45, 7) is -0.469. The number of benzene rings is 4. The van der Waals surface area contributed by atoms with Crippen molar-refractivity contribution in [3.8, 4) is 5.75 Å². The standard InChI is InChI=1S/C31H27Cl2N3O5S/c32-24-14-16-25(17-15-24)42(39,40)35(19-23-10-4-5-11-26(23)33)21-30(37)36-20-29(41-28-13-7-6-12-27(28)36)31(38)34-18-22-8-2-1-3-9-22/h1-17,29H,18-21H2,(H,34,38). The molecule has 0 saturated carbocycles. The fourth-order valence-electron chi connectivity index (χ4n) is 4.54. The van der Waals surface area contributed by atoms with Crippen LogP contribution in [0.5, 0.6) is 5.75 Å². The van der Waals surface area contributed by atoms with Gasteiger partial charge in [0, 0.05) is 23.1 Å². The smallest absolute Gasteiger partial charge is 0.263 e. The minimum Gasteiger partial charge on any atom is -0.477 e. The van der Waals surface area contributed by atoms with Crippen LogP contribution >= 0.6 is 23.2 Å². The number of anilines is 1. The Hall–Kier alpha value is -3.89. The second-order valence-electron chi connectivity index (χ2n) is 9.60. The lowest BCUT2D eigenvalue weighted by Crippen LogP contribution is -2.52. The first-order valence-electron chi connectivity index (χ1n) is 13.1. The van der Waals surface area contributed by atoms with Crippen molar-refractivity contribution in [3.63, 3.8) is 0 Å². The molecule has 0 bridgehead atoms. The van der Waals surface area contributed by atoms with Gasteiger partial charge in [0.05, 0.1) is 23.7 Å². The van der Waals surface area contributed by atoms with Gasteiger partial charge in [-0.2, -0.15) is 4.31 Å². The number of sulfonamides is 1. The van der Waals surface area contributed by atoms with Gasteiger partial charge in [-0.1, -0.05) is 83.9 Å². The van der Waals surface area contributed by atoms with E-state index < -0.39 is 34.5 Å². The number of hydrogen-bond acceptors (Lipinski definition) is 5. The fraction of sp³-hybridized carbons (Fsp3) is 0.161. The Morgan fingerprint density at radius 2 is 1.55 bits per heavy atom. The van der Waals surface area contributed by atoms with E-state index in [1.165, 1.54) is 29.2 Å². The first kappa shape index (κ1) is 29.6. The van der Waals surface area contributed by atoms with Gasteiger partial charge in [0.25, 0.3) is 5.91 Å². The van der Waals surface area contributed by atoms with Gasteiger partial charge in [-0.3, -0.25) is 9.59 Å². The summed E-state index contributed by atoms with van der Waals surface area (Å²) in [6.07, 6.45) is -1.00. The first-order valence-corrected chi connectivity index (χ1v) is 15.3. The van der Waals surface area contributed by atoms with Crippen molar-refractivity contribution in [3.05, 3.63) is 124 Å². The molecule has 216 valence electrons. The molecule has 2 amide bonds. The number of amides is 2. The number of ether oxygens (including phenoxy) is 1. The molecule has 1 heterocycles. The van der Waals surface area contributed by atoms with E-state index in [2.05, 4.69) is 5.32 Å². The van der Waals surface area contributed by atoms with Gasteiger partial charge in [-0.15, -0.1) is 0 Å². The highest BCUT2D eigenvalue weighted by atomic mass is 35.5. The molecule has 1 aliphatic heterocycles. The molecule has 1 atom stereocenters. The first-order chi connectivity index (χ1) is 20.2. The summed E-state index contributed by atoms with van der Waals surface area (Å²) in [6, 6.07) is 28.8. The van der Waals surface area contributed by atoms with E-state index in [1.807, 2.05) is 30.3 Å². The van der Waals surface area contributed by atoms with Crippen LogP contribution in [0, 0.1) is 0 Å². The molecular formula is C31H27Cl2N3O5S. The summed E-state index contributed by atoms with van der Waals surface area (Å²) in [4.78, 5) is 28.4. The summed E-state index contributed by atoms with van der Waals surface area (Å²) >= 11 is 12.4. The van der Waals surface area contributed by atoms with E-state index in [0.717, 1.165) is 9.87 Å². The van der Waals surface area contributed by atoms with Crippen LogP contribution in [0.1, 0.15) is 11.1 Å². The minimum atomic E-state index is -4.15. The molecule has 42 heavy (non-hydrogen) atoms. The lowest BCUT2D eigenvalue weighted by atomic mass is 10.1. The number of rotatable bonds is 9. The maximum Gasteiger partial charge on any atom is 0.263 e. The number of carbonyl (C=O) groups excluding carboxylic acids is 2. The van der Waals surface area contributed by atoms with Crippen molar-refractivity contribution < 1.29 is 22.7 Å². The van der Waals surface area contributed by atoms with Crippen LogP contribution in [-0.2, 0) is 32.7 Å². The number of halogens is 2. The molecule has 1 N–H and O–H groups in total. The Bertz CT molecular complexity index is 1680.